The second-order valence-electron chi connectivity index (χ2n) is 5.90. The number of aryl methyl sites for hydroxylation is 1. The lowest BCUT2D eigenvalue weighted by molar-refractivity contribution is 0.206. The molecule has 1 fully saturated rings. The highest BCUT2D eigenvalue weighted by Gasteiger charge is 2.19. The summed E-state index contributed by atoms with van der Waals surface area (Å²) >= 11 is 0. The van der Waals surface area contributed by atoms with E-state index in [2.05, 4.69) is 39.5 Å². The van der Waals surface area contributed by atoms with Crippen molar-refractivity contribution in [2.24, 2.45) is 12.0 Å². The zero-order valence-electron chi connectivity index (χ0n) is 14.6. The number of hydrogen-bond acceptors (Lipinski definition) is 3. The number of nitrogens with one attached hydrogen (secondary N) is 2. The Morgan fingerprint density at radius 1 is 1.35 bits per heavy atom. The lowest BCUT2D eigenvalue weighted by Gasteiger charge is -2.32. The van der Waals surface area contributed by atoms with Gasteiger partial charge in [0.05, 0.1) is 12.2 Å². The zero-order chi connectivity index (χ0) is 15.8. The Bertz CT molecular complexity index is 465. The van der Waals surface area contributed by atoms with E-state index in [9.17, 15) is 0 Å². The second-order valence-corrected chi connectivity index (χ2v) is 5.90. The van der Waals surface area contributed by atoms with Gasteiger partial charge in [-0.05, 0) is 38.8 Å². The SMILES string of the molecule is CCCN1CCC(NC(=NCc2ccnn2C)NCC)CC1.I. The van der Waals surface area contributed by atoms with Crippen molar-refractivity contribution in [3.8, 4) is 0 Å². The van der Waals surface area contributed by atoms with Crippen molar-refractivity contribution in [1.82, 2.24) is 25.3 Å². The molecule has 6 nitrogen and oxygen atoms in total. The van der Waals surface area contributed by atoms with Crippen LogP contribution < -0.4 is 10.6 Å². The minimum absolute atomic E-state index is 0. The predicted octanol–water partition coefficient (Wildman–Crippen LogP) is 1.97. The maximum Gasteiger partial charge on any atom is 0.191 e. The summed E-state index contributed by atoms with van der Waals surface area (Å²) in [7, 11) is 1.95. The smallest absolute Gasteiger partial charge is 0.191 e. The first-order valence-electron chi connectivity index (χ1n) is 8.47. The third kappa shape index (κ3) is 6.66. The van der Waals surface area contributed by atoms with Gasteiger partial charge in [0.15, 0.2) is 5.96 Å². The standard InChI is InChI=1S/C16H30N6.HI/c1-4-10-22-11-7-14(8-12-22)20-16(17-5-2)18-13-15-6-9-19-21(15)3;/h6,9,14H,4-5,7-8,10-13H2,1-3H3,(H2,17,18,20);1H. The highest BCUT2D eigenvalue weighted by molar-refractivity contribution is 14.0. The van der Waals surface area contributed by atoms with Crippen molar-refractivity contribution in [3.63, 3.8) is 0 Å². The molecular weight excluding hydrogens is 403 g/mol. The van der Waals surface area contributed by atoms with Crippen molar-refractivity contribution in [3.05, 3.63) is 18.0 Å². The number of aliphatic imine (C=N–C) groups is 1. The maximum atomic E-state index is 4.69. The van der Waals surface area contributed by atoms with Crippen LogP contribution in [0.1, 0.15) is 38.8 Å². The first-order valence-corrected chi connectivity index (χ1v) is 8.47. The number of halogens is 1. The molecule has 1 aliphatic rings. The second kappa shape index (κ2) is 10.9. The summed E-state index contributed by atoms with van der Waals surface area (Å²) in [5, 5.41) is 11.1. The van der Waals surface area contributed by atoms with Crippen molar-refractivity contribution in [2.75, 3.05) is 26.2 Å². The number of rotatable bonds is 6. The molecule has 0 atom stereocenters. The van der Waals surface area contributed by atoms with Gasteiger partial charge in [-0.15, -0.1) is 24.0 Å². The minimum Gasteiger partial charge on any atom is -0.357 e. The summed E-state index contributed by atoms with van der Waals surface area (Å²) in [6.45, 7) is 9.48. The Kier molecular flexibility index (Phi) is 9.54. The average Bonchev–Trinajstić information content (AvgIpc) is 2.92. The molecule has 0 bridgehead atoms. The van der Waals surface area contributed by atoms with Crippen LogP contribution in [0.2, 0.25) is 0 Å². The molecule has 0 saturated carbocycles. The zero-order valence-corrected chi connectivity index (χ0v) is 16.9. The number of aromatic nitrogens is 2. The van der Waals surface area contributed by atoms with Gasteiger partial charge in [-0.25, -0.2) is 4.99 Å². The molecule has 0 aromatic carbocycles. The Hall–Kier alpha value is -0.830. The number of guanidine groups is 1. The molecule has 1 aliphatic heterocycles. The summed E-state index contributed by atoms with van der Waals surface area (Å²) in [6, 6.07) is 2.54. The van der Waals surface area contributed by atoms with Crippen LogP contribution in [-0.2, 0) is 13.6 Å². The molecule has 23 heavy (non-hydrogen) atoms. The predicted molar refractivity (Wildman–Crippen MR) is 106 cm³/mol. The molecule has 0 spiro atoms. The van der Waals surface area contributed by atoms with Crippen LogP contribution in [0, 0.1) is 0 Å². The number of likely N-dealkylation sites (tertiary alicyclic amines) is 1. The first kappa shape index (κ1) is 20.2. The normalized spacial score (nSPS) is 16.9. The summed E-state index contributed by atoms with van der Waals surface area (Å²) in [6.07, 6.45) is 5.44. The van der Waals surface area contributed by atoms with Crippen LogP contribution in [0.3, 0.4) is 0 Å². The van der Waals surface area contributed by atoms with Gasteiger partial charge in [0.1, 0.15) is 0 Å². The van der Waals surface area contributed by atoms with Crippen LogP contribution in [0.5, 0.6) is 0 Å². The third-order valence-corrected chi connectivity index (χ3v) is 4.13. The van der Waals surface area contributed by atoms with E-state index >= 15 is 0 Å². The van der Waals surface area contributed by atoms with Crippen molar-refractivity contribution >= 4 is 29.9 Å². The number of nitrogens with zero attached hydrogens (tertiary/aromatic N) is 4. The molecule has 1 saturated heterocycles. The van der Waals surface area contributed by atoms with Gasteiger partial charge in [0, 0.05) is 38.9 Å². The molecule has 0 aliphatic carbocycles. The minimum atomic E-state index is 0. The molecule has 7 heteroatoms. The summed E-state index contributed by atoms with van der Waals surface area (Å²) in [5.41, 5.74) is 1.12. The summed E-state index contributed by atoms with van der Waals surface area (Å²) in [4.78, 5) is 7.24. The molecule has 2 heterocycles. The van der Waals surface area contributed by atoms with Gasteiger partial charge in [0.25, 0.3) is 0 Å². The van der Waals surface area contributed by atoms with Crippen LogP contribution in [0.4, 0.5) is 0 Å². The van der Waals surface area contributed by atoms with E-state index in [1.807, 2.05) is 24.0 Å². The monoisotopic (exact) mass is 434 g/mol. The molecular formula is C16H31IN6. The van der Waals surface area contributed by atoms with E-state index < -0.39 is 0 Å². The molecule has 1 aromatic heterocycles. The van der Waals surface area contributed by atoms with Crippen molar-refractivity contribution < 1.29 is 0 Å². The molecule has 1 aromatic rings. The van der Waals surface area contributed by atoms with Gasteiger partial charge in [0.2, 0.25) is 0 Å². The van der Waals surface area contributed by atoms with Crippen molar-refractivity contribution in [1.29, 1.82) is 0 Å². The molecule has 0 amide bonds. The fourth-order valence-corrected chi connectivity index (χ4v) is 2.85. The Labute approximate surface area is 157 Å². The number of piperidine rings is 1. The Balaban J connectivity index is 0.00000264. The van der Waals surface area contributed by atoms with Crippen LogP contribution in [0.15, 0.2) is 17.3 Å². The lowest BCUT2D eigenvalue weighted by Crippen LogP contribution is -2.48. The van der Waals surface area contributed by atoms with Crippen LogP contribution >= 0.6 is 24.0 Å². The van der Waals surface area contributed by atoms with Crippen LogP contribution in [0.25, 0.3) is 0 Å². The fraction of sp³-hybridized carbons (Fsp3) is 0.750. The van der Waals surface area contributed by atoms with Crippen molar-refractivity contribution in [2.45, 2.75) is 45.7 Å². The van der Waals surface area contributed by atoms with Gasteiger partial charge in [-0.2, -0.15) is 5.10 Å². The number of hydrogen-bond donors (Lipinski definition) is 2. The third-order valence-electron chi connectivity index (χ3n) is 4.13. The average molecular weight is 434 g/mol. The fourth-order valence-electron chi connectivity index (χ4n) is 2.85. The van der Waals surface area contributed by atoms with Crippen LogP contribution in [-0.4, -0.2) is 52.9 Å². The van der Waals surface area contributed by atoms with Gasteiger partial charge in [-0.1, -0.05) is 6.92 Å². The summed E-state index contributed by atoms with van der Waals surface area (Å²) < 4.78 is 1.87. The molecule has 0 unspecified atom stereocenters. The van der Waals surface area contributed by atoms with E-state index in [1.165, 1.54) is 38.9 Å². The first-order chi connectivity index (χ1) is 10.7. The molecule has 0 radical (unpaired) electrons. The van der Waals surface area contributed by atoms with E-state index in [4.69, 9.17) is 0 Å². The molecule has 132 valence electrons. The molecule has 2 rings (SSSR count). The van der Waals surface area contributed by atoms with E-state index in [1.54, 1.807) is 0 Å². The van der Waals surface area contributed by atoms with Gasteiger partial charge in [-0.3, -0.25) is 4.68 Å². The van der Waals surface area contributed by atoms with Gasteiger partial charge >= 0.3 is 0 Å². The van der Waals surface area contributed by atoms with E-state index in [0.717, 1.165) is 18.2 Å². The highest BCUT2D eigenvalue weighted by atomic mass is 127. The highest BCUT2D eigenvalue weighted by Crippen LogP contribution is 2.10. The van der Waals surface area contributed by atoms with Gasteiger partial charge < -0.3 is 15.5 Å². The molecule has 2 N–H and O–H groups in total. The Morgan fingerprint density at radius 2 is 2.09 bits per heavy atom. The largest absolute Gasteiger partial charge is 0.357 e. The van der Waals surface area contributed by atoms with E-state index in [0.29, 0.717) is 12.6 Å². The quantitative estimate of drug-likeness (QED) is 0.409. The maximum absolute atomic E-state index is 4.69. The Morgan fingerprint density at radius 3 is 2.65 bits per heavy atom. The summed E-state index contributed by atoms with van der Waals surface area (Å²) in [5.74, 6) is 0.914. The van der Waals surface area contributed by atoms with E-state index in [-0.39, 0.29) is 24.0 Å². The lowest BCUT2D eigenvalue weighted by atomic mass is 10.1. The topological polar surface area (TPSA) is 57.5 Å².